The van der Waals surface area contributed by atoms with Gasteiger partial charge in [-0.3, -0.25) is 24.9 Å². The predicted octanol–water partition coefficient (Wildman–Crippen LogP) is 7.29. The van der Waals surface area contributed by atoms with Crippen LogP contribution in [0.15, 0.2) is 140 Å². The molecule has 1 aliphatic heterocycles. The molecule has 1 radical (unpaired) electrons. The van der Waals surface area contributed by atoms with Crippen molar-refractivity contribution in [2.24, 2.45) is 0 Å². The summed E-state index contributed by atoms with van der Waals surface area (Å²) in [6, 6.07) is 29.6. The first kappa shape index (κ1) is 27.4. The third kappa shape index (κ3) is 7.47. The van der Waals surface area contributed by atoms with E-state index in [1.807, 2.05) is 85.0 Å². The van der Waals surface area contributed by atoms with Crippen LogP contribution in [-0.4, -0.2) is 31.5 Å². The van der Waals surface area contributed by atoms with Crippen molar-refractivity contribution in [3.05, 3.63) is 151 Å². The van der Waals surface area contributed by atoms with Crippen LogP contribution >= 0.6 is 0 Å². The van der Waals surface area contributed by atoms with E-state index in [2.05, 4.69) is 54.5 Å². The van der Waals surface area contributed by atoms with E-state index in [1.54, 1.807) is 31.0 Å². The number of aromatic nitrogens is 5. The van der Waals surface area contributed by atoms with Gasteiger partial charge in [-0.25, -0.2) is 0 Å². The quantitative estimate of drug-likeness (QED) is 0.155. The van der Waals surface area contributed by atoms with Gasteiger partial charge >= 0.3 is 19.5 Å². The number of benzene rings is 1. The molecule has 6 aromatic rings. The zero-order valence-corrected chi connectivity index (χ0v) is 22.8. The summed E-state index contributed by atoms with van der Waals surface area (Å²) in [5, 5.41) is 6.59. The summed E-state index contributed by atoms with van der Waals surface area (Å²) in [6.45, 7) is 0.766. The third-order valence-electron chi connectivity index (χ3n) is 5.62. The van der Waals surface area contributed by atoms with Gasteiger partial charge in [-0.15, -0.1) is 18.3 Å². The summed E-state index contributed by atoms with van der Waals surface area (Å²) in [7, 11) is 0. The monoisotopic (exact) mass is 595 g/mol. The number of hydrogen-bond acceptors (Lipinski definition) is 5. The van der Waals surface area contributed by atoms with Gasteiger partial charge in [-0.2, -0.15) is 0 Å². The minimum absolute atomic E-state index is 0. The molecule has 0 bridgehead atoms. The van der Waals surface area contributed by atoms with Gasteiger partial charge in [0.2, 0.25) is 0 Å². The summed E-state index contributed by atoms with van der Waals surface area (Å²) in [5.41, 5.74) is 5.70. The molecule has 39 heavy (non-hydrogen) atoms. The number of nitrogens with zero attached hydrogens (tertiary/aromatic N) is 6. The first-order valence-corrected chi connectivity index (χ1v) is 12.2. The molecule has 5 aromatic heterocycles. The summed E-state index contributed by atoms with van der Waals surface area (Å²) < 4.78 is 0. The molecule has 0 saturated heterocycles. The molecular formula is C32H25N6Ru. The Morgan fingerprint density at radius 3 is 1.41 bits per heavy atom. The van der Waals surface area contributed by atoms with Crippen molar-refractivity contribution in [3.8, 4) is 11.4 Å². The molecule has 0 aliphatic carbocycles. The molecule has 0 atom stereocenters. The van der Waals surface area contributed by atoms with Crippen molar-refractivity contribution in [2.45, 2.75) is 0 Å². The predicted molar refractivity (Wildman–Crippen MR) is 154 cm³/mol. The van der Waals surface area contributed by atoms with Crippen LogP contribution in [0.3, 0.4) is 0 Å². The smallest absolute Gasteiger partial charge is 0.679 e. The summed E-state index contributed by atoms with van der Waals surface area (Å²) >= 11 is 0. The Hall–Kier alpha value is -4.61. The van der Waals surface area contributed by atoms with Crippen LogP contribution in [0.5, 0.6) is 0 Å². The Bertz CT molecular complexity index is 1560. The van der Waals surface area contributed by atoms with Crippen molar-refractivity contribution < 1.29 is 19.5 Å². The average Bonchev–Trinajstić information content (AvgIpc) is 3.03. The fraction of sp³-hybridized carbons (Fsp3) is 0.0312. The SMILES string of the molecule is C1=CC[N-]C(c2ccccn2)=C1.[Ru+].c1ccc(-c2ccccn2)nc1.c1cnc2c(c1)ccc1cccnc12. The second-order valence-electron chi connectivity index (χ2n) is 8.18. The Kier molecular flexibility index (Phi) is 10.1. The zero-order valence-electron chi connectivity index (χ0n) is 21.0. The van der Waals surface area contributed by atoms with Crippen molar-refractivity contribution in [1.29, 1.82) is 0 Å². The van der Waals surface area contributed by atoms with E-state index in [9.17, 15) is 0 Å². The Morgan fingerprint density at radius 2 is 0.974 bits per heavy atom. The van der Waals surface area contributed by atoms with E-state index < -0.39 is 0 Å². The number of hydrogen-bond donors (Lipinski definition) is 0. The van der Waals surface area contributed by atoms with Gasteiger partial charge in [-0.1, -0.05) is 54.6 Å². The van der Waals surface area contributed by atoms with Gasteiger partial charge in [0.25, 0.3) is 0 Å². The van der Waals surface area contributed by atoms with E-state index in [4.69, 9.17) is 0 Å². The summed E-state index contributed by atoms with van der Waals surface area (Å²) in [4.78, 5) is 21.3. The molecule has 0 unspecified atom stereocenters. The number of fused-ring (bicyclic) bond motifs is 3. The normalized spacial score (nSPS) is 11.5. The molecule has 1 aliphatic rings. The molecule has 6 nitrogen and oxygen atoms in total. The summed E-state index contributed by atoms with van der Waals surface area (Å²) in [6.07, 6.45) is 14.9. The van der Waals surface area contributed by atoms with Crippen molar-refractivity contribution in [1.82, 2.24) is 24.9 Å². The standard InChI is InChI=1S/C12H8N2.C10H9N2.C10H8N2.Ru/c1-3-9-5-6-10-4-2-8-14-12(10)11(9)13-7-1;2*1-3-7-11-9(5-1)10-6-2-4-8-12-10;/h1-8H;1-7H,8H2;1-8H;/q;-1;;+1. The molecular weight excluding hydrogens is 569 g/mol. The Morgan fingerprint density at radius 1 is 0.487 bits per heavy atom. The van der Waals surface area contributed by atoms with Gasteiger partial charge in [0.15, 0.2) is 0 Å². The van der Waals surface area contributed by atoms with Gasteiger partial charge in [-0.05, 0) is 48.5 Å². The van der Waals surface area contributed by atoms with E-state index in [0.717, 1.165) is 51.1 Å². The topological polar surface area (TPSA) is 78.5 Å². The van der Waals surface area contributed by atoms with E-state index in [0.29, 0.717) is 0 Å². The average molecular weight is 595 g/mol. The van der Waals surface area contributed by atoms with Crippen LogP contribution in [0, 0.1) is 0 Å². The van der Waals surface area contributed by atoms with Crippen LogP contribution in [0.4, 0.5) is 0 Å². The second kappa shape index (κ2) is 14.4. The van der Waals surface area contributed by atoms with Crippen LogP contribution in [0.25, 0.3) is 44.2 Å². The minimum Gasteiger partial charge on any atom is -0.679 e. The molecule has 0 fully saturated rings. The largest absolute Gasteiger partial charge is 1.00 e. The molecule has 6 heterocycles. The molecule has 191 valence electrons. The maximum atomic E-state index is 4.35. The number of allylic oxidation sites excluding steroid dienone is 2. The van der Waals surface area contributed by atoms with Gasteiger partial charge < -0.3 is 5.32 Å². The van der Waals surface area contributed by atoms with Crippen molar-refractivity contribution in [3.63, 3.8) is 0 Å². The van der Waals surface area contributed by atoms with E-state index >= 15 is 0 Å². The Balaban J connectivity index is 0.000000135. The van der Waals surface area contributed by atoms with Crippen LogP contribution in [0.1, 0.15) is 5.69 Å². The fourth-order valence-corrected chi connectivity index (χ4v) is 3.81. The van der Waals surface area contributed by atoms with E-state index in [1.165, 1.54) is 0 Å². The first-order valence-electron chi connectivity index (χ1n) is 12.2. The third-order valence-corrected chi connectivity index (χ3v) is 5.62. The fourth-order valence-electron chi connectivity index (χ4n) is 3.81. The Labute approximate surface area is 240 Å². The minimum atomic E-state index is 0. The zero-order chi connectivity index (χ0) is 25.8. The van der Waals surface area contributed by atoms with Gasteiger partial charge in [0.1, 0.15) is 0 Å². The maximum Gasteiger partial charge on any atom is 1.00 e. The molecule has 7 rings (SSSR count). The number of rotatable bonds is 2. The van der Waals surface area contributed by atoms with Crippen LogP contribution in [-0.2, 0) is 19.5 Å². The van der Waals surface area contributed by atoms with Crippen molar-refractivity contribution in [2.75, 3.05) is 6.54 Å². The van der Waals surface area contributed by atoms with Crippen LogP contribution in [0.2, 0.25) is 0 Å². The van der Waals surface area contributed by atoms with Crippen molar-refractivity contribution >= 4 is 27.5 Å². The molecule has 7 heteroatoms. The van der Waals surface area contributed by atoms with E-state index in [-0.39, 0.29) is 19.5 Å². The van der Waals surface area contributed by atoms with Gasteiger partial charge in [0.05, 0.1) is 22.4 Å². The molecule has 0 amide bonds. The molecule has 0 spiro atoms. The molecule has 0 saturated carbocycles. The first-order chi connectivity index (χ1) is 18.9. The van der Waals surface area contributed by atoms with Crippen LogP contribution < -0.4 is 0 Å². The molecule has 1 aromatic carbocycles. The second-order valence-corrected chi connectivity index (χ2v) is 8.18. The summed E-state index contributed by atoms with van der Waals surface area (Å²) in [5.74, 6) is 0. The molecule has 0 N–H and O–H groups in total. The van der Waals surface area contributed by atoms with Gasteiger partial charge in [0, 0.05) is 47.5 Å². The number of pyridine rings is 5. The maximum absolute atomic E-state index is 4.35.